The van der Waals surface area contributed by atoms with E-state index in [0.29, 0.717) is 24.3 Å². The molecular formula is C25H35N3O3. The number of amides is 3. The van der Waals surface area contributed by atoms with Gasteiger partial charge in [-0.15, -0.1) is 0 Å². The fraction of sp³-hybridized carbons (Fsp3) is 0.640. The summed E-state index contributed by atoms with van der Waals surface area (Å²) in [6.45, 7) is 6.84. The summed E-state index contributed by atoms with van der Waals surface area (Å²) in [5.41, 5.74) is 3.31. The molecule has 1 spiro atoms. The molecule has 0 atom stereocenters. The predicted molar refractivity (Wildman–Crippen MR) is 120 cm³/mol. The molecule has 6 nitrogen and oxygen atoms in total. The van der Waals surface area contributed by atoms with E-state index in [0.717, 1.165) is 42.1 Å². The molecule has 1 aromatic rings. The van der Waals surface area contributed by atoms with Gasteiger partial charge in [0.25, 0.3) is 5.91 Å². The second-order valence-electron chi connectivity index (χ2n) is 9.80. The number of allylic oxidation sites excluding steroid dienone is 2. The third kappa shape index (κ3) is 4.21. The number of ketones is 1. The van der Waals surface area contributed by atoms with Crippen molar-refractivity contribution in [1.29, 1.82) is 0 Å². The quantitative estimate of drug-likeness (QED) is 0.409. The van der Waals surface area contributed by atoms with Crippen molar-refractivity contribution in [3.63, 3.8) is 0 Å². The summed E-state index contributed by atoms with van der Waals surface area (Å²) in [7, 11) is 0. The molecule has 2 fully saturated rings. The fourth-order valence-electron chi connectivity index (χ4n) is 5.46. The van der Waals surface area contributed by atoms with E-state index in [4.69, 9.17) is 0 Å². The zero-order chi connectivity index (χ0) is 22.2. The van der Waals surface area contributed by atoms with Crippen molar-refractivity contribution in [3.05, 3.63) is 34.7 Å². The molecule has 0 bridgehead atoms. The van der Waals surface area contributed by atoms with Crippen molar-refractivity contribution in [3.8, 4) is 0 Å². The van der Waals surface area contributed by atoms with Gasteiger partial charge >= 0.3 is 6.03 Å². The number of carbonyl (C=O) groups excluding carboxylic acids is 3. The molecule has 1 saturated carbocycles. The van der Waals surface area contributed by atoms with Crippen LogP contribution < -0.4 is 5.32 Å². The summed E-state index contributed by atoms with van der Waals surface area (Å²) >= 11 is 0. The lowest BCUT2D eigenvalue weighted by Gasteiger charge is -2.33. The van der Waals surface area contributed by atoms with Crippen LogP contribution in [0.15, 0.2) is 17.7 Å². The minimum absolute atomic E-state index is 0.166. The molecule has 2 heterocycles. The highest BCUT2D eigenvalue weighted by molar-refractivity contribution is 6.11. The number of nitrogens with one attached hydrogen (secondary N) is 1. The number of aryl methyl sites for hydroxylation is 1. The number of aromatic nitrogens is 1. The molecule has 1 aliphatic heterocycles. The fourth-order valence-corrected chi connectivity index (χ4v) is 5.46. The number of hydrogen-bond donors (Lipinski definition) is 1. The van der Waals surface area contributed by atoms with Crippen molar-refractivity contribution in [2.45, 2.75) is 90.6 Å². The number of rotatable bonds is 6. The Morgan fingerprint density at radius 1 is 1.19 bits per heavy atom. The van der Waals surface area contributed by atoms with Crippen molar-refractivity contribution in [2.75, 3.05) is 6.54 Å². The van der Waals surface area contributed by atoms with E-state index in [9.17, 15) is 14.4 Å². The SMILES string of the molecule is Cc1cc(C(=O)CN2C(=O)NC3(CCC(C)CC3)C2=O)c(C)n1CCC1=CCCCC1. The molecule has 6 heteroatoms. The van der Waals surface area contributed by atoms with Crippen LogP contribution in [0.5, 0.6) is 0 Å². The first-order valence-electron chi connectivity index (χ1n) is 11.8. The lowest BCUT2D eigenvalue weighted by atomic mass is 9.77. The predicted octanol–water partition coefficient (Wildman–Crippen LogP) is 4.68. The second-order valence-corrected chi connectivity index (χ2v) is 9.80. The molecule has 0 unspecified atom stereocenters. The van der Waals surface area contributed by atoms with Crippen LogP contribution in [0.3, 0.4) is 0 Å². The molecule has 4 rings (SSSR count). The molecular weight excluding hydrogens is 390 g/mol. The summed E-state index contributed by atoms with van der Waals surface area (Å²) in [5, 5.41) is 2.91. The third-order valence-corrected chi connectivity index (χ3v) is 7.59. The minimum Gasteiger partial charge on any atom is -0.348 e. The third-order valence-electron chi connectivity index (χ3n) is 7.59. The molecule has 1 saturated heterocycles. The highest BCUT2D eigenvalue weighted by Crippen LogP contribution is 2.36. The number of imide groups is 1. The topological polar surface area (TPSA) is 71.4 Å². The Morgan fingerprint density at radius 3 is 2.61 bits per heavy atom. The van der Waals surface area contributed by atoms with Crippen LogP contribution in [-0.4, -0.2) is 39.3 Å². The molecule has 0 aromatic carbocycles. The monoisotopic (exact) mass is 425 g/mol. The zero-order valence-corrected chi connectivity index (χ0v) is 19.1. The molecule has 2 aliphatic carbocycles. The minimum atomic E-state index is -0.797. The Morgan fingerprint density at radius 2 is 1.94 bits per heavy atom. The first kappa shape index (κ1) is 21.8. The van der Waals surface area contributed by atoms with Gasteiger partial charge in [-0.25, -0.2) is 4.79 Å². The van der Waals surface area contributed by atoms with Gasteiger partial charge in [0.1, 0.15) is 5.54 Å². The van der Waals surface area contributed by atoms with Crippen LogP contribution in [0.4, 0.5) is 4.79 Å². The molecule has 3 aliphatic rings. The zero-order valence-electron chi connectivity index (χ0n) is 19.1. The first-order valence-corrected chi connectivity index (χ1v) is 11.8. The average Bonchev–Trinajstić information content (AvgIpc) is 3.17. The number of hydrogen-bond acceptors (Lipinski definition) is 3. The summed E-state index contributed by atoms with van der Waals surface area (Å²) in [5.74, 6) is 0.178. The maximum atomic E-state index is 13.1. The highest BCUT2D eigenvalue weighted by Gasteiger charge is 2.52. The van der Waals surface area contributed by atoms with E-state index in [-0.39, 0.29) is 18.2 Å². The van der Waals surface area contributed by atoms with Crippen LogP contribution in [-0.2, 0) is 11.3 Å². The maximum absolute atomic E-state index is 13.1. The van der Waals surface area contributed by atoms with Crippen molar-refractivity contribution >= 4 is 17.7 Å². The van der Waals surface area contributed by atoms with Crippen LogP contribution in [0, 0.1) is 19.8 Å². The van der Waals surface area contributed by atoms with Gasteiger partial charge in [0.15, 0.2) is 5.78 Å². The molecule has 1 N–H and O–H groups in total. The van der Waals surface area contributed by atoms with E-state index in [1.54, 1.807) is 0 Å². The number of urea groups is 1. The summed E-state index contributed by atoms with van der Waals surface area (Å²) in [6.07, 6.45) is 11.4. The molecule has 0 radical (unpaired) electrons. The van der Waals surface area contributed by atoms with E-state index in [1.807, 2.05) is 19.9 Å². The number of Topliss-reactive ketones (excluding diaryl/α,β-unsaturated/α-hetero) is 1. The Kier molecular flexibility index (Phi) is 6.09. The summed E-state index contributed by atoms with van der Waals surface area (Å²) < 4.78 is 2.19. The van der Waals surface area contributed by atoms with Gasteiger partial charge in [0.2, 0.25) is 0 Å². The Hall–Kier alpha value is -2.37. The van der Waals surface area contributed by atoms with Gasteiger partial charge in [0.05, 0.1) is 6.54 Å². The van der Waals surface area contributed by atoms with Gasteiger partial charge in [-0.05, 0) is 83.6 Å². The average molecular weight is 426 g/mol. The van der Waals surface area contributed by atoms with Gasteiger partial charge in [0, 0.05) is 23.5 Å². The van der Waals surface area contributed by atoms with Crippen LogP contribution in [0.2, 0.25) is 0 Å². The number of nitrogens with zero attached hydrogens (tertiary/aromatic N) is 2. The van der Waals surface area contributed by atoms with Crippen LogP contribution in [0.1, 0.15) is 86.5 Å². The summed E-state index contributed by atoms with van der Waals surface area (Å²) in [4.78, 5) is 39.9. The summed E-state index contributed by atoms with van der Waals surface area (Å²) in [6, 6.07) is 1.48. The smallest absolute Gasteiger partial charge is 0.325 e. The van der Waals surface area contributed by atoms with Gasteiger partial charge in [-0.1, -0.05) is 18.6 Å². The largest absolute Gasteiger partial charge is 0.348 e. The number of carbonyl (C=O) groups is 3. The van der Waals surface area contributed by atoms with E-state index >= 15 is 0 Å². The van der Waals surface area contributed by atoms with Gasteiger partial charge in [-0.2, -0.15) is 0 Å². The maximum Gasteiger partial charge on any atom is 0.325 e. The standard InChI is InChI=1S/C25H35N3O3/c1-17-9-12-25(13-10-17)23(30)28(24(31)26-25)16-22(29)21-15-18(2)27(19(21)3)14-11-20-7-5-4-6-8-20/h7,15,17H,4-6,8-14,16H2,1-3H3,(H,26,31). The van der Waals surface area contributed by atoms with Crippen molar-refractivity contribution in [2.24, 2.45) is 5.92 Å². The lowest BCUT2D eigenvalue weighted by molar-refractivity contribution is -0.132. The van der Waals surface area contributed by atoms with Crippen molar-refractivity contribution in [1.82, 2.24) is 14.8 Å². The molecule has 1 aromatic heterocycles. The van der Waals surface area contributed by atoms with Gasteiger partial charge in [-0.3, -0.25) is 14.5 Å². The Labute approximate surface area is 185 Å². The second kappa shape index (κ2) is 8.64. The lowest BCUT2D eigenvalue weighted by Crippen LogP contribution is -2.49. The Bertz CT molecular complexity index is 919. The van der Waals surface area contributed by atoms with E-state index in [1.165, 1.54) is 31.3 Å². The first-order chi connectivity index (χ1) is 14.8. The van der Waals surface area contributed by atoms with E-state index < -0.39 is 11.6 Å². The van der Waals surface area contributed by atoms with Crippen molar-refractivity contribution < 1.29 is 14.4 Å². The molecule has 31 heavy (non-hydrogen) atoms. The van der Waals surface area contributed by atoms with Crippen LogP contribution in [0.25, 0.3) is 0 Å². The molecule has 3 amide bonds. The van der Waals surface area contributed by atoms with Gasteiger partial charge < -0.3 is 9.88 Å². The highest BCUT2D eigenvalue weighted by atomic mass is 16.2. The molecule has 168 valence electrons. The Balaban J connectivity index is 1.44. The normalized spacial score (nSPS) is 26.4. The van der Waals surface area contributed by atoms with E-state index in [2.05, 4.69) is 22.9 Å². The van der Waals surface area contributed by atoms with Crippen LogP contribution >= 0.6 is 0 Å².